The van der Waals surface area contributed by atoms with Crippen LogP contribution in [0.2, 0.25) is 0 Å². The van der Waals surface area contributed by atoms with E-state index in [1.54, 1.807) is 37.3 Å². The molecule has 0 aliphatic carbocycles. The molecule has 0 bridgehead atoms. The molecule has 2 rings (SSSR count). The Morgan fingerprint density at radius 3 is 2.41 bits per heavy atom. The molecule has 2 aromatic carbocycles. The van der Waals surface area contributed by atoms with E-state index in [1.807, 2.05) is 6.07 Å². The van der Waals surface area contributed by atoms with Gasteiger partial charge in [-0.25, -0.2) is 4.39 Å². The van der Waals surface area contributed by atoms with Gasteiger partial charge < -0.3 is 10.6 Å². The highest BCUT2D eigenvalue weighted by atomic mass is 79.9. The summed E-state index contributed by atoms with van der Waals surface area (Å²) in [5.74, 6) is -1.86. The summed E-state index contributed by atoms with van der Waals surface area (Å²) in [5.41, 5.74) is 1.23. The first-order chi connectivity index (χ1) is 10.5. The summed E-state index contributed by atoms with van der Waals surface area (Å²) in [6.07, 6.45) is 0. The van der Waals surface area contributed by atoms with Crippen LogP contribution in [-0.4, -0.2) is 11.8 Å². The summed E-state index contributed by atoms with van der Waals surface area (Å²) >= 11 is 3.28. The Labute approximate surface area is 135 Å². The molecule has 2 aromatic rings. The highest BCUT2D eigenvalue weighted by Crippen LogP contribution is 2.16. The topological polar surface area (TPSA) is 58.2 Å². The molecule has 22 heavy (non-hydrogen) atoms. The van der Waals surface area contributed by atoms with Gasteiger partial charge in [-0.05, 0) is 42.8 Å². The van der Waals surface area contributed by atoms with E-state index in [4.69, 9.17) is 0 Å². The monoisotopic (exact) mass is 364 g/mol. The molecule has 0 saturated carbocycles. The van der Waals surface area contributed by atoms with Gasteiger partial charge in [-0.1, -0.05) is 34.1 Å². The minimum absolute atomic E-state index is 0.352. The average molecular weight is 365 g/mol. The third kappa shape index (κ3) is 4.39. The lowest BCUT2D eigenvalue weighted by molar-refractivity contribution is -0.136. The number of anilines is 1. The Hall–Kier alpha value is -2.21. The molecule has 0 aliphatic heterocycles. The van der Waals surface area contributed by atoms with Crippen LogP contribution in [0.1, 0.15) is 18.5 Å². The smallest absolute Gasteiger partial charge is 0.313 e. The summed E-state index contributed by atoms with van der Waals surface area (Å²) in [7, 11) is 0. The van der Waals surface area contributed by atoms with Crippen LogP contribution >= 0.6 is 15.9 Å². The normalized spacial score (nSPS) is 11.6. The zero-order valence-electron chi connectivity index (χ0n) is 11.8. The summed E-state index contributed by atoms with van der Waals surface area (Å²) in [4.78, 5) is 23.7. The fourth-order valence-corrected chi connectivity index (χ4v) is 2.25. The first-order valence-electron chi connectivity index (χ1n) is 6.58. The van der Waals surface area contributed by atoms with E-state index in [2.05, 4.69) is 26.6 Å². The molecule has 0 aromatic heterocycles. The lowest BCUT2D eigenvalue weighted by atomic mass is 10.1. The van der Waals surface area contributed by atoms with Crippen LogP contribution in [0.5, 0.6) is 0 Å². The largest absolute Gasteiger partial charge is 0.341 e. The van der Waals surface area contributed by atoms with Crippen molar-refractivity contribution >= 4 is 33.4 Å². The van der Waals surface area contributed by atoms with Crippen LogP contribution in [0.3, 0.4) is 0 Å². The lowest BCUT2D eigenvalue weighted by Crippen LogP contribution is -2.36. The van der Waals surface area contributed by atoms with Gasteiger partial charge in [-0.3, -0.25) is 9.59 Å². The van der Waals surface area contributed by atoms with E-state index in [0.29, 0.717) is 11.3 Å². The number of carbonyl (C=O) groups is 2. The zero-order chi connectivity index (χ0) is 16.1. The van der Waals surface area contributed by atoms with Crippen LogP contribution in [0.15, 0.2) is 53.0 Å². The second kappa shape index (κ2) is 7.17. The van der Waals surface area contributed by atoms with Crippen molar-refractivity contribution in [2.24, 2.45) is 0 Å². The van der Waals surface area contributed by atoms with Crippen LogP contribution in [0, 0.1) is 5.82 Å². The minimum atomic E-state index is -0.757. The molecule has 2 N–H and O–H groups in total. The van der Waals surface area contributed by atoms with E-state index in [-0.39, 0.29) is 5.82 Å². The zero-order valence-corrected chi connectivity index (χ0v) is 13.4. The van der Waals surface area contributed by atoms with Gasteiger partial charge in [0.1, 0.15) is 5.82 Å². The van der Waals surface area contributed by atoms with Gasteiger partial charge in [0.2, 0.25) is 0 Å². The van der Waals surface area contributed by atoms with Crippen molar-refractivity contribution in [1.82, 2.24) is 5.32 Å². The number of halogens is 2. The predicted molar refractivity (Wildman–Crippen MR) is 85.7 cm³/mol. The Balaban J connectivity index is 1.96. The maximum Gasteiger partial charge on any atom is 0.313 e. The van der Waals surface area contributed by atoms with Crippen LogP contribution in [-0.2, 0) is 9.59 Å². The first kappa shape index (κ1) is 16.2. The summed E-state index contributed by atoms with van der Waals surface area (Å²) < 4.78 is 13.7. The number of amides is 2. The second-order valence-corrected chi connectivity index (χ2v) is 5.63. The molecule has 1 atom stereocenters. The van der Waals surface area contributed by atoms with Gasteiger partial charge in [0.05, 0.1) is 6.04 Å². The summed E-state index contributed by atoms with van der Waals surface area (Å²) in [6.45, 7) is 1.72. The fourth-order valence-electron chi connectivity index (χ4n) is 1.85. The van der Waals surface area contributed by atoms with Crippen molar-refractivity contribution < 1.29 is 14.0 Å². The SMILES string of the molecule is C[C@H](NC(=O)C(=O)Nc1cccc(Br)c1)c1ccc(F)cc1. The average Bonchev–Trinajstić information content (AvgIpc) is 2.47. The summed E-state index contributed by atoms with van der Waals surface area (Å²) in [5, 5.41) is 5.07. The molecule has 2 amide bonds. The molecular weight excluding hydrogens is 351 g/mol. The van der Waals surface area contributed by atoms with Crippen molar-refractivity contribution in [2.75, 3.05) is 5.32 Å². The Morgan fingerprint density at radius 1 is 1.09 bits per heavy atom. The maximum absolute atomic E-state index is 12.9. The van der Waals surface area contributed by atoms with E-state index < -0.39 is 17.9 Å². The molecule has 114 valence electrons. The lowest BCUT2D eigenvalue weighted by Gasteiger charge is -2.14. The number of carbonyl (C=O) groups excluding carboxylic acids is 2. The third-order valence-electron chi connectivity index (χ3n) is 3.01. The Bertz CT molecular complexity index is 689. The molecule has 0 saturated heterocycles. The molecule has 0 heterocycles. The summed E-state index contributed by atoms with van der Waals surface area (Å²) in [6, 6.07) is 12.3. The molecule has 0 aliphatic rings. The van der Waals surface area contributed by atoms with Crippen molar-refractivity contribution in [3.63, 3.8) is 0 Å². The number of rotatable bonds is 3. The van der Waals surface area contributed by atoms with Crippen LogP contribution < -0.4 is 10.6 Å². The highest BCUT2D eigenvalue weighted by molar-refractivity contribution is 9.10. The van der Waals surface area contributed by atoms with E-state index in [0.717, 1.165) is 4.47 Å². The second-order valence-electron chi connectivity index (χ2n) is 4.71. The molecule has 0 spiro atoms. The van der Waals surface area contributed by atoms with Gasteiger partial charge in [0.15, 0.2) is 0 Å². The quantitative estimate of drug-likeness (QED) is 0.820. The van der Waals surface area contributed by atoms with Gasteiger partial charge in [-0.2, -0.15) is 0 Å². The molecule has 0 radical (unpaired) electrons. The molecular formula is C16H14BrFN2O2. The minimum Gasteiger partial charge on any atom is -0.341 e. The van der Waals surface area contributed by atoms with Crippen LogP contribution in [0.4, 0.5) is 10.1 Å². The van der Waals surface area contributed by atoms with Crippen molar-refractivity contribution in [1.29, 1.82) is 0 Å². The number of nitrogens with one attached hydrogen (secondary N) is 2. The Morgan fingerprint density at radius 2 is 1.77 bits per heavy atom. The molecule has 6 heteroatoms. The fraction of sp³-hybridized carbons (Fsp3) is 0.125. The number of benzene rings is 2. The number of hydrogen-bond acceptors (Lipinski definition) is 2. The van der Waals surface area contributed by atoms with E-state index in [1.165, 1.54) is 12.1 Å². The van der Waals surface area contributed by atoms with E-state index >= 15 is 0 Å². The van der Waals surface area contributed by atoms with E-state index in [9.17, 15) is 14.0 Å². The van der Waals surface area contributed by atoms with Gasteiger partial charge >= 0.3 is 11.8 Å². The molecule has 0 fully saturated rings. The first-order valence-corrected chi connectivity index (χ1v) is 7.38. The Kier molecular flexibility index (Phi) is 5.27. The van der Waals surface area contributed by atoms with Gasteiger partial charge in [0, 0.05) is 10.2 Å². The predicted octanol–water partition coefficient (Wildman–Crippen LogP) is 3.40. The van der Waals surface area contributed by atoms with Gasteiger partial charge in [-0.15, -0.1) is 0 Å². The standard InChI is InChI=1S/C16H14BrFN2O2/c1-10(11-5-7-13(18)8-6-11)19-15(21)16(22)20-14-4-2-3-12(17)9-14/h2-10H,1H3,(H,19,21)(H,20,22)/t10-/m0/s1. The maximum atomic E-state index is 12.9. The molecule has 4 nitrogen and oxygen atoms in total. The molecule has 0 unspecified atom stereocenters. The van der Waals surface area contributed by atoms with Crippen LogP contribution in [0.25, 0.3) is 0 Å². The third-order valence-corrected chi connectivity index (χ3v) is 3.50. The van der Waals surface area contributed by atoms with Crippen molar-refractivity contribution in [3.05, 3.63) is 64.4 Å². The van der Waals surface area contributed by atoms with Crippen molar-refractivity contribution in [3.8, 4) is 0 Å². The van der Waals surface area contributed by atoms with Crippen molar-refractivity contribution in [2.45, 2.75) is 13.0 Å². The highest BCUT2D eigenvalue weighted by Gasteiger charge is 2.17. The van der Waals surface area contributed by atoms with Gasteiger partial charge in [0.25, 0.3) is 0 Å². The number of hydrogen-bond donors (Lipinski definition) is 2.